The third kappa shape index (κ3) is 3.52. The van der Waals surface area contributed by atoms with Crippen molar-refractivity contribution in [3.63, 3.8) is 0 Å². The third-order valence-corrected chi connectivity index (χ3v) is 5.76. The maximum atomic E-state index is 6.14. The van der Waals surface area contributed by atoms with Gasteiger partial charge in [0.15, 0.2) is 5.82 Å². The fourth-order valence-electron chi connectivity index (χ4n) is 3.70. The second-order valence-electron chi connectivity index (χ2n) is 7.38. The zero-order valence-corrected chi connectivity index (χ0v) is 16.4. The average Bonchev–Trinajstić information content (AvgIpc) is 3.48. The van der Waals surface area contributed by atoms with Crippen molar-refractivity contribution in [3.8, 4) is 5.75 Å². The quantitative estimate of drug-likeness (QED) is 0.636. The largest absolute Gasteiger partial charge is 0.491 e. The number of nitrogens with zero attached hydrogens (tertiary/aromatic N) is 6. The maximum absolute atomic E-state index is 6.14. The van der Waals surface area contributed by atoms with E-state index in [1.807, 2.05) is 36.7 Å². The molecule has 5 rings (SSSR count). The van der Waals surface area contributed by atoms with Crippen LogP contribution in [-0.4, -0.2) is 63.8 Å². The Morgan fingerprint density at radius 2 is 1.89 bits per heavy atom. The Kier molecular flexibility index (Phi) is 4.78. The number of benzene rings is 1. The first-order valence-electron chi connectivity index (χ1n) is 9.84. The molecule has 0 amide bonds. The molecule has 2 aliphatic rings. The van der Waals surface area contributed by atoms with E-state index in [1.54, 1.807) is 0 Å². The molecule has 1 saturated heterocycles. The number of ether oxygens (including phenoxy) is 1. The van der Waals surface area contributed by atoms with E-state index in [-0.39, 0.29) is 0 Å². The summed E-state index contributed by atoms with van der Waals surface area (Å²) in [4.78, 5) is 9.33. The van der Waals surface area contributed by atoms with E-state index in [9.17, 15) is 0 Å². The molecular formula is C20H23ClN6O. The number of halogens is 1. The summed E-state index contributed by atoms with van der Waals surface area (Å²) < 4.78 is 7.93. The summed E-state index contributed by atoms with van der Waals surface area (Å²) in [7, 11) is 0. The van der Waals surface area contributed by atoms with Crippen LogP contribution in [0.15, 0.2) is 36.7 Å². The molecule has 1 aromatic carbocycles. The number of hydrogen-bond donors (Lipinski definition) is 0. The summed E-state index contributed by atoms with van der Waals surface area (Å²) in [6.45, 7) is 5.30. The Bertz CT molecular complexity index is 964. The smallest absolute Gasteiger partial charge is 0.203 e. The van der Waals surface area contributed by atoms with E-state index in [0.717, 1.165) is 55.8 Å². The molecule has 3 heterocycles. The van der Waals surface area contributed by atoms with Gasteiger partial charge >= 0.3 is 0 Å². The van der Waals surface area contributed by atoms with Crippen LogP contribution in [-0.2, 0) is 0 Å². The van der Waals surface area contributed by atoms with Crippen LogP contribution in [0.3, 0.4) is 0 Å². The predicted molar refractivity (Wildman–Crippen MR) is 108 cm³/mol. The highest BCUT2D eigenvalue weighted by Gasteiger charge is 2.30. The van der Waals surface area contributed by atoms with Crippen molar-refractivity contribution in [2.75, 3.05) is 44.2 Å². The van der Waals surface area contributed by atoms with Gasteiger partial charge in [0.1, 0.15) is 18.2 Å². The summed E-state index contributed by atoms with van der Waals surface area (Å²) in [5.74, 6) is 3.33. The zero-order chi connectivity index (χ0) is 18.9. The van der Waals surface area contributed by atoms with Crippen LogP contribution >= 0.6 is 11.6 Å². The van der Waals surface area contributed by atoms with E-state index < -0.39 is 0 Å². The molecule has 0 N–H and O–H groups in total. The van der Waals surface area contributed by atoms with Gasteiger partial charge in [-0.2, -0.15) is 0 Å². The molecular weight excluding hydrogens is 376 g/mol. The first-order chi connectivity index (χ1) is 13.8. The molecule has 3 aromatic rings. The predicted octanol–water partition coefficient (Wildman–Crippen LogP) is 2.86. The Balaban J connectivity index is 1.18. The highest BCUT2D eigenvalue weighted by molar-refractivity contribution is 6.32. The van der Waals surface area contributed by atoms with Crippen molar-refractivity contribution >= 4 is 23.1 Å². The summed E-state index contributed by atoms with van der Waals surface area (Å²) in [5.41, 5.74) is 0.875. The standard InChI is InChI=1S/C20H23ClN6O/c21-16-3-1-2-4-17(16)28-14-13-25-9-11-26(12-10-25)19-20-24-23-18(15-5-6-15)27(20)8-7-22-19/h1-4,7-8,15H,5-6,9-14H2. The van der Waals surface area contributed by atoms with E-state index in [4.69, 9.17) is 16.3 Å². The molecule has 0 bridgehead atoms. The van der Waals surface area contributed by atoms with Gasteiger partial charge in [-0.15, -0.1) is 10.2 Å². The lowest BCUT2D eigenvalue weighted by molar-refractivity contribution is 0.200. The Labute approximate surface area is 168 Å². The van der Waals surface area contributed by atoms with Crippen molar-refractivity contribution in [1.82, 2.24) is 24.5 Å². The molecule has 1 aliphatic heterocycles. The fraction of sp³-hybridized carbons (Fsp3) is 0.450. The molecule has 1 aliphatic carbocycles. The lowest BCUT2D eigenvalue weighted by Crippen LogP contribution is -2.48. The van der Waals surface area contributed by atoms with Crippen LogP contribution in [0.4, 0.5) is 5.82 Å². The minimum Gasteiger partial charge on any atom is -0.491 e. The topological polar surface area (TPSA) is 58.8 Å². The number of rotatable bonds is 6. The first-order valence-corrected chi connectivity index (χ1v) is 10.2. The molecule has 28 heavy (non-hydrogen) atoms. The molecule has 7 nitrogen and oxygen atoms in total. The van der Waals surface area contributed by atoms with Crippen molar-refractivity contribution in [2.24, 2.45) is 0 Å². The lowest BCUT2D eigenvalue weighted by Gasteiger charge is -2.35. The summed E-state index contributed by atoms with van der Waals surface area (Å²) in [6.07, 6.45) is 6.27. The SMILES string of the molecule is Clc1ccccc1OCCN1CCN(c2nccn3c(C4CC4)nnc23)CC1. The number of para-hydroxylation sites is 1. The van der Waals surface area contributed by atoms with Crippen molar-refractivity contribution < 1.29 is 4.74 Å². The fourth-order valence-corrected chi connectivity index (χ4v) is 3.89. The van der Waals surface area contributed by atoms with E-state index in [0.29, 0.717) is 17.5 Å². The summed E-state index contributed by atoms with van der Waals surface area (Å²) >= 11 is 6.14. The van der Waals surface area contributed by atoms with Crippen LogP contribution in [0.1, 0.15) is 24.6 Å². The van der Waals surface area contributed by atoms with Crippen molar-refractivity contribution in [1.29, 1.82) is 0 Å². The molecule has 0 unspecified atom stereocenters. The maximum Gasteiger partial charge on any atom is 0.203 e. The molecule has 0 radical (unpaired) electrons. The zero-order valence-electron chi connectivity index (χ0n) is 15.7. The second-order valence-corrected chi connectivity index (χ2v) is 7.79. The molecule has 0 spiro atoms. The number of hydrogen-bond acceptors (Lipinski definition) is 6. The van der Waals surface area contributed by atoms with Crippen molar-refractivity contribution in [3.05, 3.63) is 47.5 Å². The molecule has 1 saturated carbocycles. The van der Waals surface area contributed by atoms with Gasteiger partial charge in [0, 0.05) is 51.0 Å². The molecule has 2 fully saturated rings. The monoisotopic (exact) mass is 398 g/mol. The second kappa shape index (κ2) is 7.56. The van der Waals surface area contributed by atoms with Crippen LogP contribution in [0.2, 0.25) is 5.02 Å². The van der Waals surface area contributed by atoms with Crippen molar-refractivity contribution in [2.45, 2.75) is 18.8 Å². The Hall–Kier alpha value is -2.38. The van der Waals surface area contributed by atoms with E-state index in [1.165, 1.54) is 12.8 Å². The molecule has 2 aromatic heterocycles. The Morgan fingerprint density at radius 3 is 2.68 bits per heavy atom. The van der Waals surface area contributed by atoms with Crippen LogP contribution in [0, 0.1) is 0 Å². The first kappa shape index (κ1) is 17.7. The van der Waals surface area contributed by atoms with Gasteiger partial charge < -0.3 is 9.64 Å². The highest BCUT2D eigenvalue weighted by Crippen LogP contribution is 2.39. The molecule has 0 atom stereocenters. The minimum absolute atomic E-state index is 0.570. The van der Waals surface area contributed by atoms with Gasteiger partial charge in [-0.25, -0.2) is 4.98 Å². The normalized spacial score (nSPS) is 18.0. The van der Waals surface area contributed by atoms with Crippen LogP contribution in [0.25, 0.3) is 5.65 Å². The minimum atomic E-state index is 0.570. The number of anilines is 1. The van der Waals surface area contributed by atoms with Gasteiger partial charge in [-0.3, -0.25) is 9.30 Å². The molecule has 8 heteroatoms. The van der Waals surface area contributed by atoms with Gasteiger partial charge in [0.2, 0.25) is 5.65 Å². The van der Waals surface area contributed by atoms with Crippen LogP contribution < -0.4 is 9.64 Å². The van der Waals surface area contributed by atoms with E-state index in [2.05, 4.69) is 29.4 Å². The van der Waals surface area contributed by atoms with Gasteiger partial charge in [-0.1, -0.05) is 23.7 Å². The number of piperazine rings is 1. The van der Waals surface area contributed by atoms with Gasteiger partial charge in [0.05, 0.1) is 5.02 Å². The van der Waals surface area contributed by atoms with Crippen LogP contribution in [0.5, 0.6) is 5.75 Å². The molecule has 146 valence electrons. The highest BCUT2D eigenvalue weighted by atomic mass is 35.5. The Morgan fingerprint density at radius 1 is 1.07 bits per heavy atom. The lowest BCUT2D eigenvalue weighted by atomic mass is 10.3. The van der Waals surface area contributed by atoms with E-state index >= 15 is 0 Å². The third-order valence-electron chi connectivity index (χ3n) is 5.45. The average molecular weight is 399 g/mol. The summed E-state index contributed by atoms with van der Waals surface area (Å²) in [5, 5.41) is 9.50. The van der Waals surface area contributed by atoms with Gasteiger partial charge in [-0.05, 0) is 25.0 Å². The summed E-state index contributed by atoms with van der Waals surface area (Å²) in [6, 6.07) is 7.60. The number of fused-ring (bicyclic) bond motifs is 1. The number of aromatic nitrogens is 4. The van der Waals surface area contributed by atoms with Gasteiger partial charge in [0.25, 0.3) is 0 Å².